The summed E-state index contributed by atoms with van der Waals surface area (Å²) in [6.45, 7) is 7.53. The van der Waals surface area contributed by atoms with Crippen LogP contribution in [0.4, 0.5) is 5.82 Å². The van der Waals surface area contributed by atoms with Gasteiger partial charge in [-0.3, -0.25) is 0 Å². The van der Waals surface area contributed by atoms with E-state index in [1.54, 1.807) is 13.1 Å². The Hall–Kier alpha value is -1.13. The Labute approximate surface area is 102 Å². The van der Waals surface area contributed by atoms with Gasteiger partial charge in [-0.25, -0.2) is 4.98 Å². The molecule has 0 spiro atoms. The number of pyridine rings is 1. The van der Waals surface area contributed by atoms with Crippen molar-refractivity contribution >= 4 is 5.82 Å². The van der Waals surface area contributed by atoms with E-state index in [0.717, 1.165) is 24.5 Å². The lowest BCUT2D eigenvalue weighted by Crippen LogP contribution is -2.47. The maximum Gasteiger partial charge on any atom is 0.129 e. The van der Waals surface area contributed by atoms with Gasteiger partial charge >= 0.3 is 0 Å². The minimum Gasteiger partial charge on any atom is -0.389 e. The first-order valence-corrected chi connectivity index (χ1v) is 6.10. The molecule has 1 fully saturated rings. The SMILES string of the molecule is CC1CN(c2cc(C(C)O)ccn2)C(C)CO1. The third-order valence-electron chi connectivity index (χ3n) is 3.15. The number of ether oxygens (including phenoxy) is 1. The van der Waals surface area contributed by atoms with Crippen LogP contribution in [0.3, 0.4) is 0 Å². The number of hydrogen-bond acceptors (Lipinski definition) is 4. The number of hydrogen-bond donors (Lipinski definition) is 1. The summed E-state index contributed by atoms with van der Waals surface area (Å²) in [6, 6.07) is 4.13. The Kier molecular flexibility index (Phi) is 3.64. The van der Waals surface area contributed by atoms with Crippen molar-refractivity contribution in [2.24, 2.45) is 0 Å². The molecular formula is C13H20N2O2. The molecule has 0 saturated carbocycles. The number of aliphatic hydroxyl groups is 1. The van der Waals surface area contributed by atoms with Crippen molar-refractivity contribution in [3.05, 3.63) is 23.9 Å². The van der Waals surface area contributed by atoms with Gasteiger partial charge in [0, 0.05) is 12.7 Å². The van der Waals surface area contributed by atoms with Crippen LogP contribution in [0.25, 0.3) is 0 Å². The zero-order chi connectivity index (χ0) is 12.4. The van der Waals surface area contributed by atoms with Crippen LogP contribution in [0.15, 0.2) is 18.3 Å². The highest BCUT2D eigenvalue weighted by molar-refractivity contribution is 5.43. The van der Waals surface area contributed by atoms with Crippen molar-refractivity contribution in [3.63, 3.8) is 0 Å². The monoisotopic (exact) mass is 236 g/mol. The highest BCUT2D eigenvalue weighted by Crippen LogP contribution is 2.22. The van der Waals surface area contributed by atoms with Crippen LogP contribution in [-0.4, -0.2) is 35.4 Å². The predicted octanol–water partition coefficient (Wildman–Crippen LogP) is 1.75. The topological polar surface area (TPSA) is 45.6 Å². The van der Waals surface area contributed by atoms with Crippen LogP contribution in [-0.2, 0) is 4.74 Å². The summed E-state index contributed by atoms with van der Waals surface area (Å²) in [5.74, 6) is 0.922. The smallest absolute Gasteiger partial charge is 0.129 e. The molecule has 94 valence electrons. The van der Waals surface area contributed by atoms with Crippen LogP contribution >= 0.6 is 0 Å². The van der Waals surface area contributed by atoms with Crippen molar-refractivity contribution in [1.29, 1.82) is 0 Å². The third kappa shape index (κ3) is 2.76. The molecule has 3 unspecified atom stereocenters. The quantitative estimate of drug-likeness (QED) is 0.849. The fourth-order valence-electron chi connectivity index (χ4n) is 2.07. The first-order chi connectivity index (χ1) is 8.08. The molecule has 1 aromatic rings. The van der Waals surface area contributed by atoms with Gasteiger partial charge in [-0.15, -0.1) is 0 Å². The Bertz CT molecular complexity index is 381. The first kappa shape index (κ1) is 12.3. The molecule has 0 aliphatic carbocycles. The average molecular weight is 236 g/mol. The highest BCUT2D eigenvalue weighted by atomic mass is 16.5. The van der Waals surface area contributed by atoms with Gasteiger partial charge in [-0.05, 0) is 38.5 Å². The minimum atomic E-state index is -0.453. The Morgan fingerprint density at radius 2 is 2.29 bits per heavy atom. The van der Waals surface area contributed by atoms with E-state index in [1.165, 1.54) is 0 Å². The zero-order valence-corrected chi connectivity index (χ0v) is 10.6. The molecule has 1 aromatic heterocycles. The average Bonchev–Trinajstić information content (AvgIpc) is 2.32. The number of morpholine rings is 1. The van der Waals surface area contributed by atoms with E-state index in [4.69, 9.17) is 4.74 Å². The molecule has 0 radical (unpaired) electrons. The van der Waals surface area contributed by atoms with Gasteiger partial charge in [0.15, 0.2) is 0 Å². The lowest BCUT2D eigenvalue weighted by molar-refractivity contribution is 0.0340. The molecular weight excluding hydrogens is 216 g/mol. The summed E-state index contributed by atoms with van der Waals surface area (Å²) in [6.07, 6.45) is 1.53. The number of aliphatic hydroxyl groups excluding tert-OH is 1. The molecule has 0 amide bonds. The van der Waals surface area contributed by atoms with Crippen LogP contribution in [0.5, 0.6) is 0 Å². The van der Waals surface area contributed by atoms with Crippen LogP contribution in [0.2, 0.25) is 0 Å². The van der Waals surface area contributed by atoms with Gasteiger partial charge in [-0.1, -0.05) is 0 Å². The van der Waals surface area contributed by atoms with Gasteiger partial charge in [0.2, 0.25) is 0 Å². The van der Waals surface area contributed by atoms with Crippen molar-refractivity contribution in [3.8, 4) is 0 Å². The second-order valence-electron chi connectivity index (χ2n) is 4.77. The molecule has 1 aliphatic rings. The zero-order valence-electron chi connectivity index (χ0n) is 10.6. The van der Waals surface area contributed by atoms with E-state index in [9.17, 15) is 5.11 Å². The van der Waals surface area contributed by atoms with E-state index in [2.05, 4.69) is 23.7 Å². The van der Waals surface area contributed by atoms with Crippen molar-refractivity contribution in [2.75, 3.05) is 18.1 Å². The number of rotatable bonds is 2. The summed E-state index contributed by atoms with van der Waals surface area (Å²) in [5.41, 5.74) is 0.904. The molecule has 1 saturated heterocycles. The molecule has 17 heavy (non-hydrogen) atoms. The van der Waals surface area contributed by atoms with E-state index >= 15 is 0 Å². The van der Waals surface area contributed by atoms with Crippen molar-refractivity contribution < 1.29 is 9.84 Å². The Morgan fingerprint density at radius 1 is 1.53 bits per heavy atom. The molecule has 1 N–H and O–H groups in total. The molecule has 0 aromatic carbocycles. The minimum absolute atomic E-state index is 0.225. The van der Waals surface area contributed by atoms with E-state index in [0.29, 0.717) is 6.04 Å². The molecule has 2 rings (SSSR count). The summed E-state index contributed by atoms with van der Waals surface area (Å²) in [7, 11) is 0. The predicted molar refractivity (Wildman–Crippen MR) is 67.1 cm³/mol. The van der Waals surface area contributed by atoms with Gasteiger partial charge in [0.1, 0.15) is 5.82 Å². The summed E-state index contributed by atoms with van der Waals surface area (Å²) in [5, 5.41) is 9.59. The van der Waals surface area contributed by atoms with Gasteiger partial charge in [0.05, 0.1) is 24.9 Å². The molecule has 4 heteroatoms. The number of nitrogens with zero attached hydrogens (tertiary/aromatic N) is 2. The first-order valence-electron chi connectivity index (χ1n) is 6.10. The standard InChI is InChI=1S/C13H20N2O2/c1-9-8-17-10(2)7-15(9)13-6-12(11(3)16)4-5-14-13/h4-6,9-11,16H,7-8H2,1-3H3. The molecule has 4 nitrogen and oxygen atoms in total. The number of anilines is 1. The second kappa shape index (κ2) is 5.02. The van der Waals surface area contributed by atoms with E-state index in [-0.39, 0.29) is 6.10 Å². The maximum atomic E-state index is 9.59. The molecule has 1 aliphatic heterocycles. The second-order valence-corrected chi connectivity index (χ2v) is 4.77. The van der Waals surface area contributed by atoms with Gasteiger partial charge in [0.25, 0.3) is 0 Å². The third-order valence-corrected chi connectivity index (χ3v) is 3.15. The van der Waals surface area contributed by atoms with Crippen LogP contribution in [0.1, 0.15) is 32.4 Å². The van der Waals surface area contributed by atoms with Crippen molar-refractivity contribution in [1.82, 2.24) is 4.98 Å². The lowest BCUT2D eigenvalue weighted by atomic mass is 10.1. The molecule has 0 bridgehead atoms. The fourth-order valence-corrected chi connectivity index (χ4v) is 2.07. The van der Waals surface area contributed by atoms with Crippen molar-refractivity contribution in [2.45, 2.75) is 39.0 Å². The normalized spacial score (nSPS) is 26.9. The molecule has 2 heterocycles. The van der Waals surface area contributed by atoms with Crippen LogP contribution in [0, 0.1) is 0 Å². The molecule has 3 atom stereocenters. The fraction of sp³-hybridized carbons (Fsp3) is 0.615. The van der Waals surface area contributed by atoms with Crippen LogP contribution < -0.4 is 4.90 Å². The maximum absolute atomic E-state index is 9.59. The van der Waals surface area contributed by atoms with E-state index in [1.807, 2.05) is 12.1 Å². The Balaban J connectivity index is 2.23. The van der Waals surface area contributed by atoms with Gasteiger partial charge in [-0.2, -0.15) is 0 Å². The highest BCUT2D eigenvalue weighted by Gasteiger charge is 2.24. The van der Waals surface area contributed by atoms with Gasteiger partial charge < -0.3 is 14.7 Å². The summed E-state index contributed by atoms with van der Waals surface area (Å²) < 4.78 is 5.60. The lowest BCUT2D eigenvalue weighted by Gasteiger charge is -2.37. The number of aromatic nitrogens is 1. The summed E-state index contributed by atoms with van der Waals surface area (Å²) in [4.78, 5) is 6.63. The summed E-state index contributed by atoms with van der Waals surface area (Å²) >= 11 is 0. The van der Waals surface area contributed by atoms with E-state index < -0.39 is 6.10 Å². The largest absolute Gasteiger partial charge is 0.389 e. The Morgan fingerprint density at radius 3 is 3.00 bits per heavy atom.